The number of rotatable bonds is 1. The maximum atomic E-state index is 10.7. The highest BCUT2D eigenvalue weighted by atomic mass is 16.4. The number of fused-ring (bicyclic) bond motifs is 1. The van der Waals surface area contributed by atoms with Crippen LogP contribution in [0.5, 0.6) is 0 Å². The molecule has 0 amide bonds. The maximum absolute atomic E-state index is 10.7. The Bertz CT molecular complexity index is 392. The number of pyridine rings is 1. The highest BCUT2D eigenvalue weighted by Gasteiger charge is 2.13. The Morgan fingerprint density at radius 1 is 1.33 bits per heavy atom. The van der Waals surface area contributed by atoms with Gasteiger partial charge in [0.1, 0.15) is 0 Å². The smallest absolute Gasteiger partial charge is 0.336 e. The Morgan fingerprint density at radius 2 is 2.17 bits per heavy atom. The molecule has 12 heavy (non-hydrogen) atoms. The minimum atomic E-state index is -0.885. The molecular formula is C9H7NO2. The lowest BCUT2D eigenvalue weighted by molar-refractivity contribution is 0.0698. The van der Waals surface area contributed by atoms with E-state index < -0.39 is 5.97 Å². The fraction of sp³-hybridized carbons (Fsp3) is 0. The Kier molecular flexibility index (Phi) is 1.37. The highest BCUT2D eigenvalue weighted by Crippen LogP contribution is 2.26. The molecule has 0 saturated heterocycles. The molecule has 60 valence electrons. The zero-order valence-electron chi connectivity index (χ0n) is 6.24. The van der Waals surface area contributed by atoms with E-state index in [-0.39, 0.29) is 0 Å². The number of nitrogens with one attached hydrogen (secondary N) is 1. The normalized spacial score (nSPS) is 10.3. The van der Waals surface area contributed by atoms with E-state index in [1.807, 2.05) is 6.07 Å². The van der Waals surface area contributed by atoms with Gasteiger partial charge in [0.25, 0.3) is 0 Å². The van der Waals surface area contributed by atoms with Crippen molar-refractivity contribution in [3.8, 4) is 11.1 Å². The molecule has 0 spiro atoms. The van der Waals surface area contributed by atoms with Gasteiger partial charge in [-0.15, -0.1) is 0 Å². The third kappa shape index (κ3) is 0.871. The molecule has 0 fully saturated rings. The van der Waals surface area contributed by atoms with Crippen molar-refractivity contribution in [2.75, 3.05) is 0 Å². The first-order chi connectivity index (χ1) is 5.79. The molecule has 1 aliphatic carbocycles. The summed E-state index contributed by atoms with van der Waals surface area (Å²) in [4.78, 5) is 13.5. The molecular weight excluding hydrogens is 154 g/mol. The number of aromatic nitrogens is 1. The summed E-state index contributed by atoms with van der Waals surface area (Å²) >= 11 is 0. The number of H-pyrrole nitrogens is 1. The zero-order chi connectivity index (χ0) is 8.55. The lowest BCUT2D eigenvalue weighted by atomic mass is 10.1. The Balaban J connectivity index is 2.67. The molecule has 3 heteroatoms. The van der Waals surface area contributed by atoms with E-state index in [9.17, 15) is 4.79 Å². The average Bonchev–Trinajstić information content (AvgIpc) is 2.47. The molecule has 0 aromatic rings. The van der Waals surface area contributed by atoms with E-state index in [0.29, 0.717) is 5.56 Å². The average molecular weight is 161 g/mol. The fourth-order valence-electron chi connectivity index (χ4n) is 1.27. The van der Waals surface area contributed by atoms with Crippen LogP contribution in [0.25, 0.3) is 11.1 Å². The van der Waals surface area contributed by atoms with Crippen LogP contribution in [-0.2, 0) is 0 Å². The van der Waals surface area contributed by atoms with Crippen molar-refractivity contribution >= 4 is 5.97 Å². The van der Waals surface area contributed by atoms with E-state index >= 15 is 0 Å². The molecule has 2 rings (SSSR count). The van der Waals surface area contributed by atoms with Crippen molar-refractivity contribution in [1.29, 1.82) is 0 Å². The quantitative estimate of drug-likeness (QED) is 0.670. The van der Waals surface area contributed by atoms with Crippen LogP contribution in [0.15, 0.2) is 30.6 Å². The van der Waals surface area contributed by atoms with Crippen LogP contribution in [0.1, 0.15) is 10.4 Å². The molecule has 3 nitrogen and oxygen atoms in total. The molecule has 0 bridgehead atoms. The van der Waals surface area contributed by atoms with Crippen molar-refractivity contribution in [3.63, 3.8) is 0 Å². The van der Waals surface area contributed by atoms with Gasteiger partial charge >= 0.3 is 5.97 Å². The van der Waals surface area contributed by atoms with Crippen LogP contribution in [0.2, 0.25) is 0 Å². The lowest BCUT2D eigenvalue weighted by Gasteiger charge is -1.98. The summed E-state index contributed by atoms with van der Waals surface area (Å²) in [5.41, 5.74) is 2.05. The number of carboxylic acid groups (broad SMARTS) is 1. The minimum Gasteiger partial charge on any atom is -0.478 e. The van der Waals surface area contributed by atoms with Gasteiger partial charge in [-0.25, -0.2) is 4.79 Å². The zero-order valence-corrected chi connectivity index (χ0v) is 6.24. The Morgan fingerprint density at radius 3 is 2.92 bits per heavy atom. The molecule has 0 radical (unpaired) electrons. The Labute approximate surface area is 69.0 Å². The van der Waals surface area contributed by atoms with Gasteiger partial charge in [0.15, 0.2) is 0 Å². The van der Waals surface area contributed by atoms with Crippen molar-refractivity contribution < 1.29 is 9.90 Å². The summed E-state index contributed by atoms with van der Waals surface area (Å²) in [6.45, 7) is 0. The molecule has 0 saturated carbocycles. The molecule has 0 aromatic carbocycles. The van der Waals surface area contributed by atoms with Gasteiger partial charge in [0, 0.05) is 18.0 Å². The van der Waals surface area contributed by atoms with Crippen LogP contribution in [0.4, 0.5) is 0 Å². The first-order valence-electron chi connectivity index (χ1n) is 3.58. The molecule has 1 aliphatic heterocycles. The minimum absolute atomic E-state index is 0.349. The van der Waals surface area contributed by atoms with E-state index in [2.05, 4.69) is 4.98 Å². The van der Waals surface area contributed by atoms with Gasteiger partial charge in [-0.3, -0.25) is 0 Å². The lowest BCUT2D eigenvalue weighted by Crippen LogP contribution is -1.95. The second kappa shape index (κ2) is 2.37. The molecule has 1 heterocycles. The number of carboxylic acids is 1. The first-order valence-corrected chi connectivity index (χ1v) is 3.58. The van der Waals surface area contributed by atoms with Crippen molar-refractivity contribution in [3.05, 3.63) is 36.2 Å². The molecule has 0 aromatic heterocycles. The maximum Gasteiger partial charge on any atom is 0.336 e. The van der Waals surface area contributed by atoms with Crippen LogP contribution in [-0.4, -0.2) is 16.1 Å². The highest BCUT2D eigenvalue weighted by molar-refractivity contribution is 5.97. The number of hydrogen-bond donors (Lipinski definition) is 2. The molecule has 2 N–H and O–H groups in total. The van der Waals surface area contributed by atoms with Crippen LogP contribution < -0.4 is 0 Å². The van der Waals surface area contributed by atoms with Gasteiger partial charge in [-0.2, -0.15) is 0 Å². The second-order valence-corrected chi connectivity index (χ2v) is 2.57. The summed E-state index contributed by atoms with van der Waals surface area (Å²) in [6, 6.07) is 5.26. The fourth-order valence-corrected chi connectivity index (χ4v) is 1.27. The number of hydrogen-bond acceptors (Lipinski definition) is 1. The van der Waals surface area contributed by atoms with Gasteiger partial charge in [0.05, 0.1) is 5.56 Å². The van der Waals surface area contributed by atoms with E-state index in [4.69, 9.17) is 5.11 Å². The summed E-state index contributed by atoms with van der Waals surface area (Å²) in [5.74, 6) is -0.885. The summed E-state index contributed by atoms with van der Waals surface area (Å²) < 4.78 is 0. The van der Waals surface area contributed by atoms with Crippen molar-refractivity contribution in [2.24, 2.45) is 0 Å². The van der Waals surface area contributed by atoms with Crippen molar-refractivity contribution in [1.82, 2.24) is 4.98 Å². The predicted molar refractivity (Wildman–Crippen MR) is 44.4 cm³/mol. The monoisotopic (exact) mass is 161 g/mol. The summed E-state index contributed by atoms with van der Waals surface area (Å²) in [6.07, 6.45) is 3.47. The number of carbonyl (C=O) groups is 1. The topological polar surface area (TPSA) is 53.1 Å². The Hall–Kier alpha value is -1.77. The summed E-state index contributed by atoms with van der Waals surface area (Å²) in [5, 5.41) is 8.76. The van der Waals surface area contributed by atoms with Crippen LogP contribution in [0, 0.1) is 0 Å². The second-order valence-electron chi connectivity index (χ2n) is 2.57. The third-order valence-corrected chi connectivity index (χ3v) is 1.85. The van der Waals surface area contributed by atoms with E-state index in [1.54, 1.807) is 24.5 Å². The summed E-state index contributed by atoms with van der Waals surface area (Å²) in [7, 11) is 0. The third-order valence-electron chi connectivity index (χ3n) is 1.85. The van der Waals surface area contributed by atoms with E-state index in [1.165, 1.54) is 0 Å². The van der Waals surface area contributed by atoms with Crippen LogP contribution in [0.3, 0.4) is 0 Å². The van der Waals surface area contributed by atoms with E-state index in [0.717, 1.165) is 11.1 Å². The molecule has 0 atom stereocenters. The number of aromatic amines is 1. The standard InChI is InChI=1S/C9H7NO2/c11-9(12)7-2-1-6-3-4-10-5-8(6)7/h1-5,10H,(H,11,12). The first kappa shape index (κ1) is 6.91. The van der Waals surface area contributed by atoms with Gasteiger partial charge < -0.3 is 10.1 Å². The van der Waals surface area contributed by atoms with Gasteiger partial charge in [-0.05, 0) is 17.7 Å². The SMILES string of the molecule is O=C(O)c1ccc2cc[nH]cc1-2. The molecule has 0 unspecified atom stereocenters. The predicted octanol–water partition coefficient (Wildman–Crippen LogP) is 1.82. The van der Waals surface area contributed by atoms with Crippen molar-refractivity contribution in [2.45, 2.75) is 0 Å². The number of aromatic carboxylic acids is 1. The largest absolute Gasteiger partial charge is 0.478 e. The van der Waals surface area contributed by atoms with Gasteiger partial charge in [-0.1, -0.05) is 6.07 Å². The molecule has 2 aliphatic rings. The van der Waals surface area contributed by atoms with Crippen LogP contribution >= 0.6 is 0 Å². The van der Waals surface area contributed by atoms with Gasteiger partial charge in [0.2, 0.25) is 0 Å².